The van der Waals surface area contributed by atoms with Gasteiger partial charge in [-0.3, -0.25) is 0 Å². The van der Waals surface area contributed by atoms with Crippen LogP contribution in [0.2, 0.25) is 0 Å². The average molecular weight is 311 g/mol. The molecule has 2 aliphatic carbocycles. The van der Waals surface area contributed by atoms with Crippen molar-refractivity contribution < 1.29 is 10.2 Å². The molecule has 2 aliphatic rings. The van der Waals surface area contributed by atoms with Crippen molar-refractivity contribution in [1.82, 2.24) is 0 Å². The lowest BCUT2D eigenvalue weighted by molar-refractivity contribution is -0.129. The fourth-order valence-electron chi connectivity index (χ4n) is 4.66. The molecule has 0 spiro atoms. The van der Waals surface area contributed by atoms with Gasteiger partial charge >= 0.3 is 0 Å². The monoisotopic (exact) mass is 310 g/mol. The van der Waals surface area contributed by atoms with Crippen LogP contribution < -0.4 is 0 Å². The van der Waals surface area contributed by atoms with Crippen LogP contribution in [-0.2, 0) is 0 Å². The first-order valence-electron chi connectivity index (χ1n) is 10.1. The Morgan fingerprint density at radius 2 is 0.955 bits per heavy atom. The van der Waals surface area contributed by atoms with Crippen molar-refractivity contribution in [3.05, 3.63) is 0 Å². The molecule has 0 radical (unpaired) electrons. The molecule has 0 heterocycles. The normalized spacial score (nSPS) is 34.9. The maximum Gasteiger partial charge on any atom is 0.0933 e. The van der Waals surface area contributed by atoms with Gasteiger partial charge in [0.25, 0.3) is 0 Å². The van der Waals surface area contributed by atoms with Gasteiger partial charge in [0.2, 0.25) is 0 Å². The Morgan fingerprint density at radius 3 is 1.50 bits per heavy atom. The van der Waals surface area contributed by atoms with E-state index < -0.39 is 11.7 Å². The van der Waals surface area contributed by atoms with E-state index in [0.29, 0.717) is 5.92 Å². The van der Waals surface area contributed by atoms with Gasteiger partial charge in [-0.15, -0.1) is 0 Å². The minimum Gasteiger partial charge on any atom is -0.390 e. The smallest absolute Gasteiger partial charge is 0.0933 e. The van der Waals surface area contributed by atoms with Crippen molar-refractivity contribution in [3.63, 3.8) is 0 Å². The zero-order valence-corrected chi connectivity index (χ0v) is 14.6. The fraction of sp³-hybridized carbons (Fsp3) is 1.00. The van der Waals surface area contributed by atoms with Crippen molar-refractivity contribution in [3.8, 4) is 0 Å². The lowest BCUT2D eigenvalue weighted by Crippen LogP contribution is -2.49. The maximum atomic E-state index is 11.4. The number of rotatable bonds is 1. The van der Waals surface area contributed by atoms with Crippen LogP contribution in [0.1, 0.15) is 109 Å². The summed E-state index contributed by atoms with van der Waals surface area (Å²) >= 11 is 0. The Morgan fingerprint density at radius 1 is 0.545 bits per heavy atom. The molecule has 0 amide bonds. The molecule has 2 unspecified atom stereocenters. The molecule has 2 rings (SSSR count). The van der Waals surface area contributed by atoms with E-state index in [0.717, 1.165) is 38.5 Å². The molecule has 130 valence electrons. The third-order valence-corrected chi connectivity index (χ3v) is 6.19. The van der Waals surface area contributed by atoms with Crippen LogP contribution >= 0.6 is 0 Å². The largest absolute Gasteiger partial charge is 0.390 e. The van der Waals surface area contributed by atoms with Crippen LogP contribution in [-0.4, -0.2) is 21.9 Å². The predicted molar refractivity (Wildman–Crippen MR) is 92.9 cm³/mol. The molecule has 2 heteroatoms. The molecule has 22 heavy (non-hydrogen) atoms. The van der Waals surface area contributed by atoms with E-state index >= 15 is 0 Å². The van der Waals surface area contributed by atoms with Crippen molar-refractivity contribution in [2.45, 2.75) is 121 Å². The summed E-state index contributed by atoms with van der Waals surface area (Å²) in [6.45, 7) is 0. The SMILES string of the molecule is OC1CCCCCCCCC1(O)C1CCCCCCCCC1. The van der Waals surface area contributed by atoms with E-state index in [1.165, 1.54) is 70.6 Å². The van der Waals surface area contributed by atoms with E-state index in [2.05, 4.69) is 0 Å². The molecule has 0 aromatic heterocycles. The molecule has 0 aromatic carbocycles. The number of aliphatic hydroxyl groups is 2. The Kier molecular flexibility index (Phi) is 8.24. The van der Waals surface area contributed by atoms with Gasteiger partial charge < -0.3 is 10.2 Å². The zero-order valence-electron chi connectivity index (χ0n) is 14.6. The standard InChI is InChI=1S/C20H38O2/c21-19-16-12-8-4-5-9-13-17-20(19,22)18-14-10-6-2-1-3-7-11-15-18/h18-19,21-22H,1-17H2. The van der Waals surface area contributed by atoms with Crippen molar-refractivity contribution in [2.24, 2.45) is 5.92 Å². The molecular formula is C20H38O2. The molecule has 2 fully saturated rings. The zero-order chi connectivity index (χ0) is 15.7. The molecule has 2 nitrogen and oxygen atoms in total. The topological polar surface area (TPSA) is 40.5 Å². The number of hydrogen-bond acceptors (Lipinski definition) is 2. The lowest BCUT2D eigenvalue weighted by Gasteiger charge is -2.41. The van der Waals surface area contributed by atoms with E-state index in [9.17, 15) is 10.2 Å². The highest BCUT2D eigenvalue weighted by molar-refractivity contribution is 4.93. The van der Waals surface area contributed by atoms with Crippen molar-refractivity contribution in [2.75, 3.05) is 0 Å². The Balaban J connectivity index is 2.02. The molecule has 0 bridgehead atoms. The van der Waals surface area contributed by atoms with E-state index in [-0.39, 0.29) is 0 Å². The molecule has 0 aliphatic heterocycles. The van der Waals surface area contributed by atoms with E-state index in [1.807, 2.05) is 0 Å². The summed E-state index contributed by atoms with van der Waals surface area (Å²) in [5, 5.41) is 22.2. The number of hydrogen-bond donors (Lipinski definition) is 2. The van der Waals surface area contributed by atoms with Gasteiger partial charge in [-0.1, -0.05) is 83.5 Å². The van der Waals surface area contributed by atoms with Crippen LogP contribution in [0.4, 0.5) is 0 Å². The van der Waals surface area contributed by atoms with Crippen LogP contribution in [0.25, 0.3) is 0 Å². The molecule has 0 aromatic rings. The van der Waals surface area contributed by atoms with Crippen molar-refractivity contribution >= 4 is 0 Å². The summed E-state index contributed by atoms with van der Waals surface area (Å²) in [7, 11) is 0. The number of aliphatic hydroxyl groups excluding tert-OH is 1. The summed E-state index contributed by atoms with van der Waals surface area (Å²) < 4.78 is 0. The fourth-order valence-corrected chi connectivity index (χ4v) is 4.66. The Bertz CT molecular complexity index is 281. The summed E-state index contributed by atoms with van der Waals surface area (Å²) in [6.07, 6.45) is 19.8. The van der Waals surface area contributed by atoms with Crippen LogP contribution in [0.15, 0.2) is 0 Å². The van der Waals surface area contributed by atoms with Gasteiger partial charge in [0.1, 0.15) is 0 Å². The van der Waals surface area contributed by atoms with Crippen LogP contribution in [0.3, 0.4) is 0 Å². The van der Waals surface area contributed by atoms with Gasteiger partial charge in [0.15, 0.2) is 0 Å². The van der Waals surface area contributed by atoms with Gasteiger partial charge in [0.05, 0.1) is 11.7 Å². The van der Waals surface area contributed by atoms with E-state index in [4.69, 9.17) is 0 Å². The highest BCUT2D eigenvalue weighted by atomic mass is 16.3. The summed E-state index contributed by atoms with van der Waals surface area (Å²) in [5.41, 5.74) is -0.809. The second-order valence-electron chi connectivity index (χ2n) is 7.92. The summed E-state index contributed by atoms with van der Waals surface area (Å²) in [6, 6.07) is 0. The summed E-state index contributed by atoms with van der Waals surface area (Å²) in [4.78, 5) is 0. The van der Waals surface area contributed by atoms with Gasteiger partial charge in [-0.25, -0.2) is 0 Å². The first-order valence-corrected chi connectivity index (χ1v) is 10.1. The van der Waals surface area contributed by atoms with Gasteiger partial charge in [-0.05, 0) is 31.6 Å². The molecular weight excluding hydrogens is 272 g/mol. The highest BCUT2D eigenvalue weighted by Gasteiger charge is 2.41. The Hall–Kier alpha value is -0.0800. The van der Waals surface area contributed by atoms with Crippen LogP contribution in [0, 0.1) is 5.92 Å². The molecule has 2 saturated carbocycles. The molecule has 2 N–H and O–H groups in total. The van der Waals surface area contributed by atoms with Crippen LogP contribution in [0.5, 0.6) is 0 Å². The quantitative estimate of drug-likeness (QED) is 0.685. The van der Waals surface area contributed by atoms with Gasteiger partial charge in [0, 0.05) is 0 Å². The second kappa shape index (κ2) is 9.93. The Labute approximate surface area is 137 Å². The molecule has 2 atom stereocenters. The van der Waals surface area contributed by atoms with E-state index in [1.54, 1.807) is 0 Å². The minimum atomic E-state index is -0.809. The third-order valence-electron chi connectivity index (χ3n) is 6.19. The third kappa shape index (κ3) is 5.53. The van der Waals surface area contributed by atoms with Gasteiger partial charge in [-0.2, -0.15) is 0 Å². The highest BCUT2D eigenvalue weighted by Crippen LogP contribution is 2.38. The first kappa shape index (κ1) is 18.3. The second-order valence-corrected chi connectivity index (χ2v) is 7.92. The minimum absolute atomic E-state index is 0.319. The van der Waals surface area contributed by atoms with Crippen molar-refractivity contribution in [1.29, 1.82) is 0 Å². The average Bonchev–Trinajstić information content (AvgIpc) is 2.54. The molecule has 0 saturated heterocycles. The summed E-state index contributed by atoms with van der Waals surface area (Å²) in [5.74, 6) is 0.319. The lowest BCUT2D eigenvalue weighted by atomic mass is 9.72. The first-order chi connectivity index (χ1) is 10.7. The maximum absolute atomic E-state index is 11.4. The predicted octanol–water partition coefficient (Wildman–Crippen LogP) is 5.35.